The number of rotatable bonds is 4. The number of aliphatic hydroxyl groups is 1. The van der Waals surface area contributed by atoms with Crippen LogP contribution in [0, 0.1) is 5.82 Å². The van der Waals surface area contributed by atoms with Crippen molar-refractivity contribution < 1.29 is 17.9 Å². The Hall–Kier alpha value is -1.05. The van der Waals surface area contributed by atoms with Crippen LogP contribution in [0.15, 0.2) is 23.4 Å². The second-order valence-corrected chi connectivity index (χ2v) is 5.92. The Kier molecular flexibility index (Phi) is 3.15. The van der Waals surface area contributed by atoms with Gasteiger partial charge < -0.3 is 5.11 Å². The van der Waals surface area contributed by atoms with Crippen LogP contribution in [-0.4, -0.2) is 30.7 Å². The van der Waals surface area contributed by atoms with Crippen molar-refractivity contribution in [2.24, 2.45) is 0 Å². The second-order valence-electron chi connectivity index (χ2n) is 4.24. The fourth-order valence-corrected chi connectivity index (χ4v) is 3.20. The Labute approximate surface area is 98.7 Å². The van der Waals surface area contributed by atoms with E-state index in [1.54, 1.807) is 0 Å². The van der Waals surface area contributed by atoms with E-state index in [1.807, 2.05) is 0 Å². The second kappa shape index (κ2) is 4.32. The van der Waals surface area contributed by atoms with E-state index in [1.165, 1.54) is 0 Å². The third-order valence-corrected chi connectivity index (χ3v) is 4.50. The van der Waals surface area contributed by atoms with Crippen LogP contribution in [0.25, 0.3) is 0 Å². The van der Waals surface area contributed by atoms with Gasteiger partial charge in [0.1, 0.15) is 10.7 Å². The first kappa shape index (κ1) is 12.4. The van der Waals surface area contributed by atoms with Gasteiger partial charge in [-0.3, -0.25) is 4.98 Å². The molecule has 7 heteroatoms. The van der Waals surface area contributed by atoms with Gasteiger partial charge in [-0.15, -0.1) is 0 Å². The van der Waals surface area contributed by atoms with Crippen LogP contribution in [0.4, 0.5) is 4.39 Å². The van der Waals surface area contributed by atoms with Crippen LogP contribution in [0.1, 0.15) is 19.3 Å². The highest BCUT2D eigenvalue weighted by atomic mass is 32.2. The molecule has 0 aliphatic heterocycles. The largest absolute Gasteiger partial charge is 0.394 e. The molecule has 17 heavy (non-hydrogen) atoms. The molecule has 0 spiro atoms. The molecule has 1 fully saturated rings. The minimum atomic E-state index is -3.83. The maximum Gasteiger partial charge on any atom is 0.242 e. The first-order valence-corrected chi connectivity index (χ1v) is 6.71. The van der Waals surface area contributed by atoms with Gasteiger partial charge >= 0.3 is 0 Å². The van der Waals surface area contributed by atoms with Crippen molar-refractivity contribution in [3.63, 3.8) is 0 Å². The molecule has 0 amide bonds. The summed E-state index contributed by atoms with van der Waals surface area (Å²) in [5, 5.41) is 9.18. The highest BCUT2D eigenvalue weighted by molar-refractivity contribution is 7.89. The number of nitrogens with zero attached hydrogens (tertiary/aromatic N) is 1. The number of aromatic nitrogens is 1. The summed E-state index contributed by atoms with van der Waals surface area (Å²) in [6, 6.07) is 0.902. The lowest BCUT2D eigenvalue weighted by Gasteiger charge is -2.40. The van der Waals surface area contributed by atoms with Crippen LogP contribution in [0.3, 0.4) is 0 Å². The van der Waals surface area contributed by atoms with Gasteiger partial charge in [0.05, 0.1) is 18.3 Å². The Bertz CT molecular complexity index is 509. The topological polar surface area (TPSA) is 79.3 Å². The number of nitrogens with one attached hydrogen (secondary N) is 1. The third kappa shape index (κ3) is 2.46. The predicted molar refractivity (Wildman–Crippen MR) is 58.2 cm³/mol. The number of aliphatic hydroxyl groups excluding tert-OH is 1. The quantitative estimate of drug-likeness (QED) is 0.822. The van der Waals surface area contributed by atoms with Crippen LogP contribution in [0.5, 0.6) is 0 Å². The molecule has 1 aliphatic rings. The third-order valence-electron chi connectivity index (χ3n) is 2.95. The van der Waals surface area contributed by atoms with Gasteiger partial charge in [-0.1, -0.05) is 0 Å². The summed E-state index contributed by atoms with van der Waals surface area (Å²) in [5.41, 5.74) is -0.787. The summed E-state index contributed by atoms with van der Waals surface area (Å²) in [6.45, 7) is -0.255. The van der Waals surface area contributed by atoms with E-state index >= 15 is 0 Å². The van der Waals surface area contributed by atoms with Gasteiger partial charge in [0.15, 0.2) is 0 Å². The van der Waals surface area contributed by atoms with E-state index in [0.29, 0.717) is 12.8 Å². The molecule has 0 saturated heterocycles. The number of hydrogen-bond donors (Lipinski definition) is 2. The van der Waals surface area contributed by atoms with Gasteiger partial charge in [-0.2, -0.15) is 0 Å². The molecular formula is C10H13FN2O3S. The Morgan fingerprint density at radius 3 is 2.65 bits per heavy atom. The van der Waals surface area contributed by atoms with Crippen molar-refractivity contribution >= 4 is 10.0 Å². The monoisotopic (exact) mass is 260 g/mol. The SMILES string of the molecule is O=S(=O)(NC1(CO)CCC1)c1cncc(F)c1. The molecule has 5 nitrogen and oxygen atoms in total. The Morgan fingerprint density at radius 2 is 2.18 bits per heavy atom. The summed E-state index contributed by atoms with van der Waals surface area (Å²) in [6.07, 6.45) is 4.06. The van der Waals surface area contributed by atoms with Crippen molar-refractivity contribution in [2.75, 3.05) is 6.61 Å². The van der Waals surface area contributed by atoms with Crippen LogP contribution in [-0.2, 0) is 10.0 Å². The lowest BCUT2D eigenvalue weighted by atomic mass is 9.78. The van der Waals surface area contributed by atoms with E-state index in [2.05, 4.69) is 9.71 Å². The molecule has 0 unspecified atom stereocenters. The molecule has 0 aromatic carbocycles. The first-order chi connectivity index (χ1) is 7.97. The fourth-order valence-electron chi connectivity index (χ4n) is 1.78. The van der Waals surface area contributed by atoms with Crippen LogP contribution >= 0.6 is 0 Å². The van der Waals surface area contributed by atoms with Crippen molar-refractivity contribution in [1.82, 2.24) is 9.71 Å². The number of hydrogen-bond acceptors (Lipinski definition) is 4. The summed E-state index contributed by atoms with van der Waals surface area (Å²) < 4.78 is 39.2. The zero-order chi connectivity index (χ0) is 12.5. The Balaban J connectivity index is 2.25. The number of sulfonamides is 1. The molecule has 1 heterocycles. The summed E-state index contributed by atoms with van der Waals surface area (Å²) in [5.74, 6) is -0.709. The average molecular weight is 260 g/mol. The standard InChI is InChI=1S/C10H13FN2O3S/c11-8-4-9(6-12-5-8)17(15,16)13-10(7-14)2-1-3-10/h4-6,13-14H,1-3,7H2. The fraction of sp³-hybridized carbons (Fsp3) is 0.500. The molecule has 1 saturated carbocycles. The maximum absolute atomic E-state index is 12.9. The highest BCUT2D eigenvalue weighted by Crippen LogP contribution is 2.32. The molecule has 2 rings (SSSR count). The van der Waals surface area contributed by atoms with E-state index < -0.39 is 21.4 Å². The minimum absolute atomic E-state index is 0.225. The van der Waals surface area contributed by atoms with E-state index in [4.69, 9.17) is 0 Å². The van der Waals surface area contributed by atoms with Crippen molar-refractivity contribution in [2.45, 2.75) is 29.7 Å². The summed E-state index contributed by atoms with van der Waals surface area (Å²) in [7, 11) is -3.83. The van der Waals surface area contributed by atoms with Gasteiger partial charge in [-0.25, -0.2) is 17.5 Å². The first-order valence-electron chi connectivity index (χ1n) is 5.23. The van der Waals surface area contributed by atoms with Gasteiger partial charge in [-0.05, 0) is 25.3 Å². The normalized spacial score (nSPS) is 18.7. The average Bonchev–Trinajstić information content (AvgIpc) is 2.24. The lowest BCUT2D eigenvalue weighted by molar-refractivity contribution is 0.110. The van der Waals surface area contributed by atoms with E-state index in [-0.39, 0.29) is 11.5 Å². The molecule has 94 valence electrons. The molecule has 0 radical (unpaired) electrons. The zero-order valence-corrected chi connectivity index (χ0v) is 9.87. The lowest BCUT2D eigenvalue weighted by Crippen LogP contribution is -2.55. The predicted octanol–water partition coefficient (Wildman–Crippen LogP) is 0.414. The molecule has 0 bridgehead atoms. The highest BCUT2D eigenvalue weighted by Gasteiger charge is 2.40. The van der Waals surface area contributed by atoms with E-state index in [9.17, 15) is 17.9 Å². The molecule has 1 aromatic heterocycles. The number of pyridine rings is 1. The van der Waals surface area contributed by atoms with Gasteiger partial charge in [0, 0.05) is 6.20 Å². The van der Waals surface area contributed by atoms with Crippen molar-refractivity contribution in [1.29, 1.82) is 0 Å². The van der Waals surface area contributed by atoms with Crippen LogP contribution in [0.2, 0.25) is 0 Å². The van der Waals surface area contributed by atoms with Gasteiger partial charge in [0.2, 0.25) is 10.0 Å². The minimum Gasteiger partial charge on any atom is -0.394 e. The van der Waals surface area contributed by atoms with Crippen molar-refractivity contribution in [3.8, 4) is 0 Å². The zero-order valence-electron chi connectivity index (χ0n) is 9.06. The maximum atomic E-state index is 12.9. The molecular weight excluding hydrogens is 247 g/mol. The smallest absolute Gasteiger partial charge is 0.242 e. The molecule has 1 aliphatic carbocycles. The van der Waals surface area contributed by atoms with E-state index in [0.717, 1.165) is 24.9 Å². The van der Waals surface area contributed by atoms with Crippen molar-refractivity contribution in [3.05, 3.63) is 24.3 Å². The van der Waals surface area contributed by atoms with Gasteiger partial charge in [0.25, 0.3) is 0 Å². The van der Waals surface area contributed by atoms with Crippen LogP contribution < -0.4 is 4.72 Å². The summed E-state index contributed by atoms with van der Waals surface area (Å²) in [4.78, 5) is 3.27. The number of halogens is 1. The Morgan fingerprint density at radius 1 is 1.47 bits per heavy atom. The summed E-state index contributed by atoms with van der Waals surface area (Å²) >= 11 is 0. The molecule has 2 N–H and O–H groups in total. The molecule has 1 aromatic rings. The molecule has 0 atom stereocenters.